The van der Waals surface area contributed by atoms with Crippen LogP contribution in [0.15, 0.2) is 0 Å². The number of nitrogens with one attached hydrogen (secondary N) is 1. The van der Waals surface area contributed by atoms with Gasteiger partial charge in [0.05, 0.1) is 5.54 Å². The van der Waals surface area contributed by atoms with E-state index in [0.717, 1.165) is 13.1 Å². The van der Waals surface area contributed by atoms with Crippen molar-refractivity contribution in [3.8, 4) is 0 Å². The monoisotopic (exact) mass is 185 g/mol. The minimum Gasteiger partial charge on any atom is -0.353 e. The lowest BCUT2D eigenvalue weighted by Gasteiger charge is -2.44. The summed E-state index contributed by atoms with van der Waals surface area (Å²) in [6.07, 6.45) is 0. The van der Waals surface area contributed by atoms with Crippen molar-refractivity contribution < 1.29 is 4.79 Å². The van der Waals surface area contributed by atoms with Gasteiger partial charge in [0.2, 0.25) is 5.91 Å². The first kappa shape index (κ1) is 10.5. The maximum absolute atomic E-state index is 11.6. The van der Waals surface area contributed by atoms with E-state index in [4.69, 9.17) is 5.73 Å². The van der Waals surface area contributed by atoms with Crippen molar-refractivity contribution in [2.45, 2.75) is 32.4 Å². The van der Waals surface area contributed by atoms with Crippen LogP contribution < -0.4 is 11.1 Å². The summed E-state index contributed by atoms with van der Waals surface area (Å²) < 4.78 is 0. The van der Waals surface area contributed by atoms with E-state index in [-0.39, 0.29) is 11.9 Å². The highest BCUT2D eigenvalue weighted by molar-refractivity contribution is 5.86. The first-order chi connectivity index (χ1) is 6.00. The molecule has 3 N–H and O–H groups in total. The molecule has 0 aliphatic carbocycles. The van der Waals surface area contributed by atoms with Crippen LogP contribution in [0.5, 0.6) is 0 Å². The van der Waals surface area contributed by atoms with Crippen LogP contribution in [0.25, 0.3) is 0 Å². The number of piperazine rings is 1. The fraction of sp³-hybridized carbons (Fsp3) is 0.889. The quantitative estimate of drug-likeness (QED) is 0.612. The van der Waals surface area contributed by atoms with E-state index >= 15 is 0 Å². The van der Waals surface area contributed by atoms with Gasteiger partial charge >= 0.3 is 0 Å². The Hall–Kier alpha value is -0.610. The van der Waals surface area contributed by atoms with Crippen molar-refractivity contribution in [1.29, 1.82) is 0 Å². The fourth-order valence-electron chi connectivity index (χ4n) is 1.81. The normalized spacial score (nSPS) is 25.4. The molecular formula is C9H19N3O. The first-order valence-corrected chi connectivity index (χ1v) is 4.75. The Labute approximate surface area is 79.5 Å². The van der Waals surface area contributed by atoms with Gasteiger partial charge < -0.3 is 11.1 Å². The van der Waals surface area contributed by atoms with Crippen molar-refractivity contribution in [2.24, 2.45) is 5.73 Å². The third-order valence-electron chi connectivity index (χ3n) is 2.79. The van der Waals surface area contributed by atoms with Crippen LogP contribution in [0.2, 0.25) is 0 Å². The maximum atomic E-state index is 11.6. The molecule has 0 bridgehead atoms. The minimum absolute atomic E-state index is 0.0963. The summed E-state index contributed by atoms with van der Waals surface area (Å²) in [6.45, 7) is 8.14. The van der Waals surface area contributed by atoms with Gasteiger partial charge in [0.1, 0.15) is 0 Å². The molecule has 1 atom stereocenters. The van der Waals surface area contributed by atoms with E-state index in [2.05, 4.69) is 17.1 Å². The zero-order chi connectivity index (χ0) is 10.1. The van der Waals surface area contributed by atoms with Gasteiger partial charge in [-0.15, -0.1) is 0 Å². The summed E-state index contributed by atoms with van der Waals surface area (Å²) in [7, 11) is 0. The lowest BCUT2D eigenvalue weighted by molar-refractivity contribution is -0.136. The molecule has 1 rings (SSSR count). The molecule has 1 heterocycles. The molecule has 4 heteroatoms. The highest BCUT2D eigenvalue weighted by atomic mass is 16.2. The molecule has 76 valence electrons. The van der Waals surface area contributed by atoms with E-state index in [0.29, 0.717) is 6.54 Å². The van der Waals surface area contributed by atoms with E-state index < -0.39 is 5.54 Å². The van der Waals surface area contributed by atoms with Crippen molar-refractivity contribution in [1.82, 2.24) is 10.2 Å². The zero-order valence-electron chi connectivity index (χ0n) is 8.63. The number of carbonyl (C=O) groups excluding carboxylic acids is 1. The van der Waals surface area contributed by atoms with Crippen LogP contribution in [-0.2, 0) is 4.79 Å². The Morgan fingerprint density at radius 1 is 1.69 bits per heavy atom. The van der Waals surface area contributed by atoms with E-state index in [1.807, 2.05) is 13.8 Å². The van der Waals surface area contributed by atoms with Crippen LogP contribution in [0.4, 0.5) is 0 Å². The summed E-state index contributed by atoms with van der Waals surface area (Å²) in [5, 5.41) is 2.86. The van der Waals surface area contributed by atoms with Gasteiger partial charge in [-0.05, 0) is 20.8 Å². The molecule has 0 aromatic heterocycles. The molecule has 1 amide bonds. The summed E-state index contributed by atoms with van der Waals surface area (Å²) in [4.78, 5) is 13.7. The van der Waals surface area contributed by atoms with Gasteiger partial charge in [0, 0.05) is 25.7 Å². The van der Waals surface area contributed by atoms with Gasteiger partial charge in [-0.2, -0.15) is 0 Å². The topological polar surface area (TPSA) is 58.4 Å². The number of rotatable bonds is 2. The third-order valence-corrected chi connectivity index (χ3v) is 2.79. The predicted molar refractivity (Wildman–Crippen MR) is 52.3 cm³/mol. The van der Waals surface area contributed by atoms with Gasteiger partial charge in [0.25, 0.3) is 0 Å². The van der Waals surface area contributed by atoms with Crippen LogP contribution in [-0.4, -0.2) is 42.0 Å². The number of hydrogen-bond donors (Lipinski definition) is 2. The van der Waals surface area contributed by atoms with Gasteiger partial charge in [0.15, 0.2) is 0 Å². The molecule has 1 aliphatic heterocycles. The molecule has 0 saturated carbocycles. The molecule has 13 heavy (non-hydrogen) atoms. The number of carbonyl (C=O) groups is 1. The highest BCUT2D eigenvalue weighted by Crippen LogP contribution is 2.19. The average Bonchev–Trinajstić information content (AvgIpc) is 2.08. The Kier molecular flexibility index (Phi) is 2.93. The molecule has 1 aliphatic rings. The summed E-state index contributed by atoms with van der Waals surface area (Å²) >= 11 is 0. The van der Waals surface area contributed by atoms with Gasteiger partial charge in [-0.3, -0.25) is 9.69 Å². The van der Waals surface area contributed by atoms with Crippen molar-refractivity contribution in [3.05, 3.63) is 0 Å². The van der Waals surface area contributed by atoms with Crippen LogP contribution in [0, 0.1) is 0 Å². The summed E-state index contributed by atoms with van der Waals surface area (Å²) in [6, 6.07) is 0.265. The lowest BCUT2D eigenvalue weighted by atomic mass is 9.97. The van der Waals surface area contributed by atoms with E-state index in [1.54, 1.807) is 0 Å². The molecule has 1 fully saturated rings. The SMILES string of the molecule is CC(CN)N1CCNC(=O)C1(C)C. The Morgan fingerprint density at radius 3 is 2.85 bits per heavy atom. The number of nitrogens with two attached hydrogens (primary N) is 1. The predicted octanol–water partition coefficient (Wildman–Crippen LogP) is -0.456. The lowest BCUT2D eigenvalue weighted by Crippen LogP contribution is -2.65. The second-order valence-electron chi connectivity index (χ2n) is 4.09. The van der Waals surface area contributed by atoms with Gasteiger partial charge in [-0.25, -0.2) is 0 Å². The fourth-order valence-corrected chi connectivity index (χ4v) is 1.81. The highest BCUT2D eigenvalue weighted by Gasteiger charge is 2.39. The number of amides is 1. The molecule has 0 aromatic rings. The third kappa shape index (κ3) is 1.84. The Morgan fingerprint density at radius 2 is 2.31 bits per heavy atom. The molecule has 0 radical (unpaired) electrons. The molecule has 0 aromatic carbocycles. The molecule has 1 unspecified atom stereocenters. The van der Waals surface area contributed by atoms with Crippen molar-refractivity contribution >= 4 is 5.91 Å². The Balaban J connectivity index is 2.77. The van der Waals surface area contributed by atoms with Crippen LogP contribution in [0.1, 0.15) is 20.8 Å². The molecule has 4 nitrogen and oxygen atoms in total. The standard InChI is InChI=1S/C9H19N3O/c1-7(6-10)12-5-4-11-8(13)9(12,2)3/h7H,4-6,10H2,1-3H3,(H,11,13). The smallest absolute Gasteiger partial charge is 0.240 e. The second kappa shape index (κ2) is 3.64. The van der Waals surface area contributed by atoms with E-state index in [9.17, 15) is 4.79 Å². The minimum atomic E-state index is -0.420. The maximum Gasteiger partial charge on any atom is 0.240 e. The molecule has 0 spiro atoms. The molecule has 1 saturated heterocycles. The number of nitrogens with zero attached hydrogens (tertiary/aromatic N) is 1. The summed E-state index contributed by atoms with van der Waals surface area (Å²) in [5.41, 5.74) is 5.18. The zero-order valence-corrected chi connectivity index (χ0v) is 8.63. The summed E-state index contributed by atoms with van der Waals surface area (Å²) in [5.74, 6) is 0.0963. The molecular weight excluding hydrogens is 166 g/mol. The largest absolute Gasteiger partial charge is 0.353 e. The number of hydrogen-bond acceptors (Lipinski definition) is 3. The Bertz CT molecular complexity index is 203. The van der Waals surface area contributed by atoms with Crippen LogP contribution >= 0.6 is 0 Å². The average molecular weight is 185 g/mol. The second-order valence-corrected chi connectivity index (χ2v) is 4.09. The van der Waals surface area contributed by atoms with Gasteiger partial charge in [-0.1, -0.05) is 0 Å². The van der Waals surface area contributed by atoms with Crippen LogP contribution in [0.3, 0.4) is 0 Å². The first-order valence-electron chi connectivity index (χ1n) is 4.75. The van der Waals surface area contributed by atoms with Crippen molar-refractivity contribution in [2.75, 3.05) is 19.6 Å². The van der Waals surface area contributed by atoms with E-state index in [1.165, 1.54) is 0 Å². The van der Waals surface area contributed by atoms with Crippen molar-refractivity contribution in [3.63, 3.8) is 0 Å².